The Hall–Kier alpha value is -0.170. The van der Waals surface area contributed by atoms with E-state index in [0.717, 1.165) is 0 Å². The van der Waals surface area contributed by atoms with Crippen molar-refractivity contribution < 1.29 is 8.42 Å². The van der Waals surface area contributed by atoms with E-state index >= 15 is 0 Å². The number of nitrogens with zero attached hydrogens (tertiary/aromatic N) is 1. The third-order valence-electron chi connectivity index (χ3n) is 1.40. The Morgan fingerprint density at radius 1 is 1.64 bits per heavy atom. The van der Waals surface area contributed by atoms with E-state index in [1.807, 2.05) is 0 Å². The lowest BCUT2D eigenvalue weighted by atomic mass is 10.5. The molecule has 0 aliphatic rings. The first kappa shape index (κ1) is 11.9. The van der Waals surface area contributed by atoms with Gasteiger partial charge in [0.1, 0.15) is 9.50 Å². The molecule has 0 aliphatic carbocycles. The standard InChI is InChI=1S/C7H8BrClN2O2S/c1-2-11-14(12,13)6-3-5(9)4-10-7(6)8/h3-4,11H,2H2,1H3. The van der Waals surface area contributed by atoms with Crippen LogP contribution in [0.2, 0.25) is 5.02 Å². The summed E-state index contributed by atoms with van der Waals surface area (Å²) in [5, 5.41) is 0.282. The van der Waals surface area contributed by atoms with Crippen LogP contribution in [0.5, 0.6) is 0 Å². The molecule has 78 valence electrons. The Labute approximate surface area is 95.9 Å². The van der Waals surface area contributed by atoms with Gasteiger partial charge in [-0.05, 0) is 22.0 Å². The van der Waals surface area contributed by atoms with E-state index in [1.54, 1.807) is 6.92 Å². The number of pyridine rings is 1. The van der Waals surface area contributed by atoms with Crippen molar-refractivity contribution in [3.8, 4) is 0 Å². The van der Waals surface area contributed by atoms with Crippen LogP contribution < -0.4 is 4.72 Å². The summed E-state index contributed by atoms with van der Waals surface area (Å²) in [5.41, 5.74) is 0. The molecule has 0 bridgehead atoms. The second-order valence-corrected chi connectivity index (χ2v) is 5.37. The highest BCUT2D eigenvalue weighted by Gasteiger charge is 2.17. The molecule has 0 saturated heterocycles. The fraction of sp³-hybridized carbons (Fsp3) is 0.286. The zero-order valence-corrected chi connectivity index (χ0v) is 10.4. The van der Waals surface area contributed by atoms with E-state index in [-0.39, 0.29) is 14.5 Å². The van der Waals surface area contributed by atoms with Gasteiger partial charge < -0.3 is 0 Å². The molecule has 1 aromatic rings. The first-order chi connectivity index (χ1) is 6.47. The second kappa shape index (κ2) is 4.57. The quantitative estimate of drug-likeness (QED) is 0.866. The molecule has 1 N–H and O–H groups in total. The van der Waals surface area contributed by atoms with Gasteiger partial charge in [-0.1, -0.05) is 18.5 Å². The van der Waals surface area contributed by atoms with E-state index in [1.165, 1.54) is 12.3 Å². The molecule has 0 spiro atoms. The summed E-state index contributed by atoms with van der Waals surface area (Å²) in [6, 6.07) is 1.34. The number of rotatable bonds is 3. The van der Waals surface area contributed by atoms with E-state index in [2.05, 4.69) is 25.6 Å². The van der Waals surface area contributed by atoms with Gasteiger partial charge in [-0.2, -0.15) is 0 Å². The molecule has 0 aliphatic heterocycles. The van der Waals surface area contributed by atoms with Crippen LogP contribution in [0.3, 0.4) is 0 Å². The van der Waals surface area contributed by atoms with Gasteiger partial charge in [0, 0.05) is 12.7 Å². The Bertz CT molecular complexity index is 435. The topological polar surface area (TPSA) is 59.1 Å². The summed E-state index contributed by atoms with van der Waals surface area (Å²) in [6.07, 6.45) is 1.37. The zero-order valence-electron chi connectivity index (χ0n) is 7.29. The lowest BCUT2D eigenvalue weighted by Crippen LogP contribution is -2.23. The third-order valence-corrected chi connectivity index (χ3v) is 4.06. The number of hydrogen-bond donors (Lipinski definition) is 1. The van der Waals surface area contributed by atoms with Crippen molar-refractivity contribution in [1.29, 1.82) is 0 Å². The highest BCUT2D eigenvalue weighted by atomic mass is 79.9. The third kappa shape index (κ3) is 2.66. The van der Waals surface area contributed by atoms with Crippen molar-refractivity contribution in [3.63, 3.8) is 0 Å². The van der Waals surface area contributed by atoms with Crippen LogP contribution in [0.15, 0.2) is 21.8 Å². The molecule has 0 radical (unpaired) electrons. The maximum atomic E-state index is 11.6. The fourth-order valence-electron chi connectivity index (χ4n) is 0.860. The van der Waals surface area contributed by atoms with E-state index in [0.29, 0.717) is 6.54 Å². The lowest BCUT2D eigenvalue weighted by molar-refractivity contribution is 0.583. The fourth-order valence-corrected chi connectivity index (χ4v) is 3.03. The maximum absolute atomic E-state index is 11.6. The molecule has 7 heteroatoms. The van der Waals surface area contributed by atoms with Crippen molar-refractivity contribution >= 4 is 37.6 Å². The van der Waals surface area contributed by atoms with Crippen molar-refractivity contribution in [1.82, 2.24) is 9.71 Å². The smallest absolute Gasteiger partial charge is 0.243 e. The zero-order chi connectivity index (χ0) is 10.8. The number of halogens is 2. The molecule has 0 unspecified atom stereocenters. The number of aromatic nitrogens is 1. The number of nitrogens with one attached hydrogen (secondary N) is 1. The molecular weight excluding hydrogens is 292 g/mol. The Kier molecular flexibility index (Phi) is 3.88. The van der Waals surface area contributed by atoms with Gasteiger partial charge in [-0.25, -0.2) is 18.1 Å². The SMILES string of the molecule is CCNS(=O)(=O)c1cc(Cl)cnc1Br. The molecule has 0 aromatic carbocycles. The van der Waals surface area contributed by atoms with Gasteiger partial charge in [0.15, 0.2) is 0 Å². The Morgan fingerprint density at radius 3 is 2.86 bits per heavy atom. The lowest BCUT2D eigenvalue weighted by Gasteiger charge is -2.05. The minimum atomic E-state index is -3.51. The monoisotopic (exact) mass is 298 g/mol. The average Bonchev–Trinajstić information content (AvgIpc) is 2.09. The van der Waals surface area contributed by atoms with E-state index < -0.39 is 10.0 Å². The molecule has 14 heavy (non-hydrogen) atoms. The van der Waals surface area contributed by atoms with Crippen LogP contribution in [0.25, 0.3) is 0 Å². The van der Waals surface area contributed by atoms with Crippen molar-refractivity contribution in [3.05, 3.63) is 21.9 Å². The summed E-state index contributed by atoms with van der Waals surface area (Å²) in [4.78, 5) is 3.84. The highest BCUT2D eigenvalue weighted by molar-refractivity contribution is 9.10. The molecule has 0 amide bonds. The van der Waals surface area contributed by atoms with Crippen LogP contribution in [-0.2, 0) is 10.0 Å². The molecule has 1 aromatic heterocycles. The minimum absolute atomic E-state index is 0.0480. The first-order valence-electron chi connectivity index (χ1n) is 3.78. The van der Waals surface area contributed by atoms with Gasteiger partial charge in [0.25, 0.3) is 0 Å². The molecule has 0 saturated carbocycles. The minimum Gasteiger partial charge on any atom is -0.246 e. The van der Waals surface area contributed by atoms with Crippen molar-refractivity contribution in [2.24, 2.45) is 0 Å². The molecule has 1 rings (SSSR count). The summed E-state index contributed by atoms with van der Waals surface area (Å²) in [6.45, 7) is 2.02. The largest absolute Gasteiger partial charge is 0.246 e. The van der Waals surface area contributed by atoms with Crippen molar-refractivity contribution in [2.45, 2.75) is 11.8 Å². The Balaban J connectivity index is 3.25. The molecule has 0 atom stereocenters. The summed E-state index contributed by atoms with van der Waals surface area (Å²) in [7, 11) is -3.51. The summed E-state index contributed by atoms with van der Waals surface area (Å²) >= 11 is 8.69. The second-order valence-electron chi connectivity index (χ2n) is 2.44. The van der Waals surface area contributed by atoms with Crippen LogP contribution in [-0.4, -0.2) is 19.9 Å². The van der Waals surface area contributed by atoms with Gasteiger partial charge in [0.2, 0.25) is 10.0 Å². The number of sulfonamides is 1. The number of hydrogen-bond acceptors (Lipinski definition) is 3. The average molecular weight is 300 g/mol. The highest BCUT2D eigenvalue weighted by Crippen LogP contribution is 2.22. The summed E-state index contributed by atoms with van der Waals surface area (Å²) < 4.78 is 25.7. The predicted molar refractivity (Wildman–Crippen MR) is 57.8 cm³/mol. The van der Waals surface area contributed by atoms with Gasteiger partial charge in [0.05, 0.1) is 5.02 Å². The van der Waals surface area contributed by atoms with E-state index in [4.69, 9.17) is 11.6 Å². The molecule has 4 nitrogen and oxygen atoms in total. The molecular formula is C7H8BrClN2O2S. The molecule has 1 heterocycles. The molecule has 0 fully saturated rings. The van der Waals surface area contributed by atoms with Crippen LogP contribution in [0.4, 0.5) is 0 Å². The van der Waals surface area contributed by atoms with Gasteiger partial charge >= 0.3 is 0 Å². The van der Waals surface area contributed by atoms with Gasteiger partial charge in [-0.3, -0.25) is 0 Å². The Morgan fingerprint density at radius 2 is 2.29 bits per heavy atom. The van der Waals surface area contributed by atoms with Crippen LogP contribution in [0, 0.1) is 0 Å². The van der Waals surface area contributed by atoms with E-state index in [9.17, 15) is 8.42 Å². The summed E-state index contributed by atoms with van der Waals surface area (Å²) in [5.74, 6) is 0. The predicted octanol–water partition coefficient (Wildman–Crippen LogP) is 1.80. The first-order valence-corrected chi connectivity index (χ1v) is 6.43. The normalized spacial score (nSPS) is 11.6. The van der Waals surface area contributed by atoms with Crippen LogP contribution in [0.1, 0.15) is 6.92 Å². The maximum Gasteiger partial charge on any atom is 0.243 e. The van der Waals surface area contributed by atoms with Gasteiger partial charge in [-0.15, -0.1) is 0 Å². The van der Waals surface area contributed by atoms with Crippen LogP contribution >= 0.6 is 27.5 Å². The van der Waals surface area contributed by atoms with Crippen molar-refractivity contribution in [2.75, 3.05) is 6.54 Å².